The smallest absolute Gasteiger partial charge is 0.243 e. The van der Waals surface area contributed by atoms with E-state index >= 15 is 0 Å². The highest BCUT2D eigenvalue weighted by Gasteiger charge is 2.37. The normalized spacial score (nSPS) is 17.0. The molecule has 12 nitrogen and oxygen atoms in total. The lowest BCUT2D eigenvalue weighted by molar-refractivity contribution is -0.140. The summed E-state index contributed by atoms with van der Waals surface area (Å²) in [5.74, 6) is 0.693. The van der Waals surface area contributed by atoms with Gasteiger partial charge in [-0.05, 0) is 82.8 Å². The Labute approximate surface area is 280 Å². The van der Waals surface area contributed by atoms with Crippen molar-refractivity contribution in [2.75, 3.05) is 39.6 Å². The van der Waals surface area contributed by atoms with Gasteiger partial charge in [0.05, 0.1) is 18.8 Å². The molecule has 2 aromatic carbocycles. The summed E-state index contributed by atoms with van der Waals surface area (Å²) in [4.78, 5) is 42.3. The molecule has 2 heterocycles. The fraction of sp³-hybridized carbons (Fsp3) is 0.543. The third kappa shape index (κ3) is 12.3. The van der Waals surface area contributed by atoms with E-state index in [0.717, 1.165) is 42.8 Å². The van der Waals surface area contributed by atoms with Crippen LogP contribution in [0.2, 0.25) is 0 Å². The van der Waals surface area contributed by atoms with Crippen LogP contribution in [0.15, 0.2) is 47.6 Å². The van der Waals surface area contributed by atoms with Gasteiger partial charge < -0.3 is 30.5 Å². The number of aryl methyl sites for hydroxylation is 1. The molecule has 0 radical (unpaired) electrons. The van der Waals surface area contributed by atoms with Gasteiger partial charge in [-0.1, -0.05) is 37.6 Å². The van der Waals surface area contributed by atoms with Crippen LogP contribution in [0.4, 0.5) is 11.4 Å². The monoisotopic (exact) mass is 650 g/mol. The van der Waals surface area contributed by atoms with E-state index in [9.17, 15) is 14.4 Å². The largest absolute Gasteiger partial charge is 0.497 e. The summed E-state index contributed by atoms with van der Waals surface area (Å²) in [6.45, 7) is 13.2. The summed E-state index contributed by atoms with van der Waals surface area (Å²) in [5.41, 5.74) is 10.6. The lowest BCUT2D eigenvalue weighted by Crippen LogP contribution is -2.52. The maximum atomic E-state index is 13.2. The molecule has 0 spiro atoms. The van der Waals surface area contributed by atoms with Gasteiger partial charge in [0.25, 0.3) is 0 Å². The molecular formula is C35H54N8O4. The van der Waals surface area contributed by atoms with E-state index in [1.165, 1.54) is 5.56 Å². The number of methoxy groups -OCH3 is 1. The Balaban J connectivity index is 0.000000717. The molecule has 3 amide bonds. The molecule has 4 N–H and O–H groups in total. The number of hydrogen-bond donors (Lipinski definition) is 4. The van der Waals surface area contributed by atoms with Gasteiger partial charge in [0, 0.05) is 45.7 Å². The number of ether oxygens (including phenoxy) is 1. The van der Waals surface area contributed by atoms with Gasteiger partial charge in [-0.3, -0.25) is 14.4 Å². The lowest BCUT2D eigenvalue weighted by Gasteiger charge is -2.29. The highest BCUT2D eigenvalue weighted by Crippen LogP contribution is 2.26. The molecular weight excluding hydrogens is 596 g/mol. The van der Waals surface area contributed by atoms with Gasteiger partial charge >= 0.3 is 0 Å². The first-order valence-electron chi connectivity index (χ1n) is 16.3. The molecule has 1 unspecified atom stereocenters. The van der Waals surface area contributed by atoms with E-state index in [4.69, 9.17) is 15.5 Å². The zero-order valence-corrected chi connectivity index (χ0v) is 29.1. The summed E-state index contributed by atoms with van der Waals surface area (Å²) in [7, 11) is 5.16. The summed E-state index contributed by atoms with van der Waals surface area (Å²) in [6.07, 6.45) is 4.18. The number of likely N-dealkylation sites (N-methyl/N-ethyl adjacent to an activating group) is 1. The van der Waals surface area contributed by atoms with E-state index in [0.29, 0.717) is 38.0 Å². The molecule has 0 saturated carbocycles. The predicted molar refractivity (Wildman–Crippen MR) is 186 cm³/mol. The van der Waals surface area contributed by atoms with Crippen LogP contribution in [0.3, 0.4) is 0 Å². The summed E-state index contributed by atoms with van der Waals surface area (Å²) >= 11 is 0. The van der Waals surface area contributed by atoms with Crippen molar-refractivity contribution in [1.29, 1.82) is 10.8 Å². The van der Waals surface area contributed by atoms with Gasteiger partial charge in [0.1, 0.15) is 17.5 Å². The van der Waals surface area contributed by atoms with Crippen molar-refractivity contribution in [1.82, 2.24) is 20.4 Å². The van der Waals surface area contributed by atoms with Crippen LogP contribution in [0, 0.1) is 24.3 Å². The molecule has 3 atom stereocenters. The Bertz CT molecular complexity index is 1280. The summed E-state index contributed by atoms with van der Waals surface area (Å²) < 4.78 is 4.97. The third-order valence-electron chi connectivity index (χ3n) is 8.18. The Morgan fingerprint density at radius 3 is 2.23 bits per heavy atom. The van der Waals surface area contributed by atoms with Crippen molar-refractivity contribution in [3.63, 3.8) is 0 Å². The minimum Gasteiger partial charge on any atom is -0.497 e. The van der Waals surface area contributed by atoms with Crippen LogP contribution in [0.1, 0.15) is 70.4 Å². The van der Waals surface area contributed by atoms with Gasteiger partial charge in [-0.2, -0.15) is 5.11 Å². The van der Waals surface area contributed by atoms with Gasteiger partial charge in [-0.25, -0.2) is 10.8 Å². The van der Waals surface area contributed by atoms with E-state index in [-0.39, 0.29) is 23.8 Å². The Kier molecular flexibility index (Phi) is 19.1. The second-order valence-corrected chi connectivity index (χ2v) is 11.1. The SMILES string of the molecule is C#N.CC.CNc1ccc(CNC(=O)C2CCCN2C(=O)[C@@H](CCC(=O)N2CCC[C@@H]2C)NC)cc1N=N.COc1ccc(C)cc1. The molecule has 47 heavy (non-hydrogen) atoms. The number of likely N-dealkylation sites (tertiary alicyclic amines) is 2. The first-order chi connectivity index (χ1) is 22.7. The average molecular weight is 651 g/mol. The van der Waals surface area contributed by atoms with Crippen molar-refractivity contribution in [3.05, 3.63) is 53.6 Å². The Morgan fingerprint density at radius 1 is 1.04 bits per heavy atom. The van der Waals surface area contributed by atoms with Crippen LogP contribution in [0.25, 0.3) is 0 Å². The maximum absolute atomic E-state index is 13.2. The molecule has 4 rings (SSSR count). The average Bonchev–Trinajstić information content (AvgIpc) is 3.79. The first kappa shape index (κ1) is 40.5. The number of carbonyl (C=O) groups excluding carboxylic acids is 3. The van der Waals surface area contributed by atoms with Gasteiger partial charge in [0.2, 0.25) is 17.7 Å². The molecule has 2 aliphatic heterocycles. The number of nitriles is 1. The molecule has 0 bridgehead atoms. The minimum atomic E-state index is -0.519. The quantitative estimate of drug-likeness (QED) is 0.232. The van der Waals surface area contributed by atoms with Crippen molar-refractivity contribution in [2.45, 2.75) is 90.9 Å². The third-order valence-corrected chi connectivity index (χ3v) is 8.18. The number of rotatable bonds is 11. The van der Waals surface area contributed by atoms with E-state index < -0.39 is 12.1 Å². The van der Waals surface area contributed by atoms with Crippen LogP contribution in [-0.2, 0) is 20.9 Å². The zero-order chi connectivity index (χ0) is 35.4. The van der Waals surface area contributed by atoms with Crippen molar-refractivity contribution in [3.8, 4) is 12.3 Å². The van der Waals surface area contributed by atoms with Crippen LogP contribution < -0.4 is 20.7 Å². The Morgan fingerprint density at radius 2 is 1.68 bits per heavy atom. The fourth-order valence-electron chi connectivity index (χ4n) is 5.58. The number of nitrogens with zero attached hydrogens (tertiary/aromatic N) is 4. The van der Waals surface area contributed by atoms with E-state index in [2.05, 4.69) is 41.5 Å². The Hall–Kier alpha value is -4.50. The van der Waals surface area contributed by atoms with Crippen molar-refractivity contribution >= 4 is 29.1 Å². The first-order valence-corrected chi connectivity index (χ1v) is 16.3. The molecule has 2 aliphatic rings. The van der Waals surface area contributed by atoms with Crippen LogP contribution in [-0.4, -0.2) is 79.9 Å². The number of hydrogen-bond acceptors (Lipinski definition) is 9. The molecule has 2 saturated heterocycles. The minimum absolute atomic E-state index is 0.0943. The van der Waals surface area contributed by atoms with E-state index in [1.807, 2.05) is 55.1 Å². The molecule has 0 aromatic heterocycles. The summed E-state index contributed by atoms with van der Waals surface area (Å²) in [5, 5.41) is 19.0. The second kappa shape index (κ2) is 22.1. The topological polar surface area (TPSA) is 163 Å². The number of carbonyl (C=O) groups is 3. The highest BCUT2D eigenvalue weighted by atomic mass is 16.5. The number of nitrogens with one attached hydrogen (secondary N) is 4. The van der Waals surface area contributed by atoms with Gasteiger partial charge in [0.15, 0.2) is 0 Å². The summed E-state index contributed by atoms with van der Waals surface area (Å²) in [6, 6.07) is 12.7. The molecule has 12 heteroatoms. The second-order valence-electron chi connectivity index (χ2n) is 11.1. The predicted octanol–water partition coefficient (Wildman–Crippen LogP) is 5.55. The molecule has 2 aromatic rings. The molecule has 2 fully saturated rings. The molecule has 258 valence electrons. The van der Waals surface area contributed by atoms with Crippen LogP contribution in [0.5, 0.6) is 5.75 Å². The van der Waals surface area contributed by atoms with E-state index in [1.54, 1.807) is 32.2 Å². The highest BCUT2D eigenvalue weighted by molar-refractivity contribution is 5.90. The lowest BCUT2D eigenvalue weighted by atomic mass is 10.1. The number of anilines is 1. The standard InChI is InChI=1S/C24H37N7O3.C8H10O.C2H6.CHN/c1-16-6-4-12-30(16)22(32)11-10-19(27-3)24(34)31-13-5-7-21(31)23(33)28-15-17-8-9-18(26-2)20(14-17)29-25;1-7-3-5-8(9-2)6-4-7;2*1-2/h8-9,14,16,19,21,25-27H,4-7,10-13,15H2,1-3H3,(H,28,33);3-6H,1-2H3;1-2H3;1H/t16-,19+,21?;;;/m0.../s1. The zero-order valence-electron chi connectivity index (χ0n) is 29.1. The maximum Gasteiger partial charge on any atom is 0.243 e. The van der Waals surface area contributed by atoms with Crippen molar-refractivity contribution in [2.24, 2.45) is 5.11 Å². The van der Waals surface area contributed by atoms with Gasteiger partial charge in [-0.15, -0.1) is 0 Å². The molecule has 0 aliphatic carbocycles. The van der Waals surface area contributed by atoms with Crippen LogP contribution >= 0.6 is 0 Å². The van der Waals surface area contributed by atoms with Crippen molar-refractivity contribution < 1.29 is 19.1 Å². The number of amides is 3. The fourth-order valence-corrected chi connectivity index (χ4v) is 5.58. The number of benzene rings is 2.